The summed E-state index contributed by atoms with van der Waals surface area (Å²) in [6.45, 7) is 24.5. The normalized spacial score (nSPS) is 19.8. The summed E-state index contributed by atoms with van der Waals surface area (Å²) >= 11 is 6.69. The Balaban J connectivity index is 0.000000167. The number of piperidine rings is 3. The molecule has 12 aromatic rings. The Morgan fingerprint density at radius 3 is 1.26 bits per heavy atom. The molecular weight excluding hydrogens is 1840 g/mol. The van der Waals surface area contributed by atoms with Crippen LogP contribution in [0.1, 0.15) is 108 Å². The Hall–Kier alpha value is -11.9. The number of pyridine rings is 3. The molecule has 3 aromatic carbocycles. The zero-order valence-electron chi connectivity index (χ0n) is 74.2. The number of nitrogen functional groups attached to an aromatic ring is 3. The van der Waals surface area contributed by atoms with E-state index in [0.29, 0.717) is 30.3 Å². The summed E-state index contributed by atoms with van der Waals surface area (Å²) in [5.41, 5.74) is 36.5. The minimum Gasteiger partial charge on any atom is -0.813 e. The topological polar surface area (TPSA) is 583 Å². The number of para-hydroxylation sites is 3. The molecule has 6 atom stereocenters. The molecule has 0 saturated carbocycles. The minimum absolute atomic E-state index is 0. The standard InChI is InChI=1S/C29H35N7O3S.C24H27N7OS.C20H28N5O3.C9H7BrN2.CH4.H3N17.Na.H2S/c1-18-24(34-27(37)39-28(2,3)4)29(17-38-18)9-13-35(14-10-29)26-33-16-22(25-32-12-15-36(25)26)40-21-8-11-31-23-19(21)6-5-7-20(23)30;1-15-21(26)24(14-32-15)6-10-30(11-7-24)23-29-13-19(22-28-9-12-31(22)23)33-18-5-8-27-20-16(18)3-2-4-17(20)25;1-14-16(23-18(26)28-19(2,3)4)20(13-27-14)6-10-24(11-7-20)17-22-8-5-15-21-9-12-25(15)17;10-7-4-5-12-9-6(7)2-1-3-8(9)11;;1-3-5-7-9-11-13-15-17-16-14-12-10-8-6-4-2;;/h5-8,11-12,15-16,18,24H,9-10,13-14,17,30H2,1-4H3,(H,34,37);2-5,8-9,12-13,15,21H,6-7,10-11,14,25-26H2,1H3;8-9,12,14,16H,6-7,10-11,13H2,1-4H3,(H,23,26);1-5H,11H2;1H4;(H3,1,2,5,6,9,10,13,14,17);;1H2/q;;-1;;;;+1;/p-1/t18-,24+;15-,21+;14-,16+;;;;;/m000...../s1. The summed E-state index contributed by atoms with van der Waals surface area (Å²) in [6.07, 6.45) is 26.9. The fourth-order valence-corrected chi connectivity index (χ4v) is 19.2. The predicted molar refractivity (Wildman–Crippen MR) is 503 cm³/mol. The molecule has 696 valence electrons. The second-order valence-corrected chi connectivity index (χ2v) is 36.5. The maximum absolute atomic E-state index is 12.6. The SMILES string of the molecule is C.C[C@@H]1OCC2(CCN(c3nc[c-]c4nccn34)CC2)[C@@H]1NC(=O)OC(C)(C)C.C[C@@H]1OCC2(CCN(c3ncc(Sc4ccnc5c(N)cccc45)c4nccn34)CC2)[C@@H]1N.C[C@@H]1OCC2(CCN(c3ncc(Sc4ccnc5c(N)cccc45)c4nccn34)CC2)[C@@H]1NC(=O)OC(C)(C)C.N=N/N=N/N=N/N=N/N=N/N=N/N=N/N=N/N.Nc1cccc2c(Br)ccnc12.[Na+].[SH-]. The van der Waals surface area contributed by atoms with Crippen molar-refractivity contribution in [2.24, 2.45) is 106 Å². The number of hydrogen-bond donors (Lipinski definition) is 8. The monoisotopic (exact) mass is 1940 g/mol. The van der Waals surface area contributed by atoms with Crippen molar-refractivity contribution in [3.8, 4) is 0 Å². The van der Waals surface area contributed by atoms with Crippen LogP contribution in [0.15, 0.2) is 250 Å². The minimum atomic E-state index is -0.548. The quantitative estimate of drug-likeness (QED) is 0.00651. The fourth-order valence-electron chi connectivity index (χ4n) is 16.8. The van der Waals surface area contributed by atoms with E-state index in [1.165, 1.54) is 0 Å². The molecule has 2 amide bonds. The maximum atomic E-state index is 12.6. The van der Waals surface area contributed by atoms with E-state index in [-0.39, 0.29) is 109 Å². The van der Waals surface area contributed by atoms with Crippen LogP contribution in [0.3, 0.4) is 0 Å². The number of hydrogen-bond acceptors (Lipinski definition) is 28. The Bertz CT molecular complexity index is 6170. The smallest absolute Gasteiger partial charge is 0.813 e. The predicted octanol–water partition coefficient (Wildman–Crippen LogP) is 13.1. The number of imidazole rings is 3. The van der Waals surface area contributed by atoms with Crippen LogP contribution < -0.4 is 83.7 Å². The molecule has 6 saturated heterocycles. The molecule has 15 heterocycles. The van der Waals surface area contributed by atoms with Crippen LogP contribution >= 0.6 is 39.5 Å². The van der Waals surface area contributed by atoms with Gasteiger partial charge in [-0.3, -0.25) is 33.7 Å². The first-order valence-corrected chi connectivity index (χ1v) is 44.1. The Kier molecular flexibility index (Phi) is 34.9. The molecule has 6 fully saturated rings. The number of halogens is 1. The molecule has 3 spiro atoms. The Morgan fingerprint density at radius 1 is 0.489 bits per heavy atom. The van der Waals surface area contributed by atoms with Crippen LogP contribution in [0.4, 0.5) is 44.5 Å². The molecule has 0 aliphatic carbocycles. The molecule has 133 heavy (non-hydrogen) atoms. The third-order valence-electron chi connectivity index (χ3n) is 23.1. The summed E-state index contributed by atoms with van der Waals surface area (Å²) in [7, 11) is 0. The zero-order chi connectivity index (χ0) is 91.7. The van der Waals surface area contributed by atoms with Crippen LogP contribution in [0.5, 0.6) is 0 Å². The van der Waals surface area contributed by atoms with Gasteiger partial charge in [-0.2, -0.15) is 5.53 Å². The summed E-state index contributed by atoms with van der Waals surface area (Å²) < 4.78 is 36.1. The first-order chi connectivity index (χ1) is 62.7. The van der Waals surface area contributed by atoms with Crippen molar-refractivity contribution >= 4 is 150 Å². The van der Waals surface area contributed by atoms with Crippen LogP contribution in [-0.2, 0) is 37.2 Å². The largest absolute Gasteiger partial charge is 1.00 e. The number of rotatable bonds is 16. The molecule has 0 unspecified atom stereocenters. The first kappa shape index (κ1) is 102. The van der Waals surface area contributed by atoms with Crippen molar-refractivity contribution in [2.45, 2.75) is 175 Å². The number of aromatic nitrogens is 12. The van der Waals surface area contributed by atoms with E-state index in [4.69, 9.17) is 62.1 Å². The van der Waals surface area contributed by atoms with Gasteiger partial charge in [0.2, 0.25) is 17.8 Å². The molecule has 45 nitrogen and oxygen atoms in total. The van der Waals surface area contributed by atoms with E-state index in [1.807, 2.05) is 176 Å². The van der Waals surface area contributed by atoms with Gasteiger partial charge in [0.1, 0.15) is 11.2 Å². The van der Waals surface area contributed by atoms with E-state index in [0.717, 1.165) is 176 Å². The fraction of sp³-hybridized carbons (Fsp3) is 0.434. The summed E-state index contributed by atoms with van der Waals surface area (Å²) in [6, 6.07) is 26.4. The average Bonchev–Trinajstić information content (AvgIpc) is 1.77. The number of nitrogens with two attached hydrogens (primary N) is 5. The van der Waals surface area contributed by atoms with Gasteiger partial charge < -0.3 is 102 Å². The van der Waals surface area contributed by atoms with E-state index < -0.39 is 17.3 Å². The van der Waals surface area contributed by atoms with Crippen molar-refractivity contribution in [2.75, 3.05) is 91.0 Å². The molecule has 0 radical (unpaired) electrons. The number of fused-ring (bicyclic) bond motifs is 6. The Morgan fingerprint density at radius 2 is 0.857 bits per heavy atom. The third-order valence-corrected chi connectivity index (χ3v) is 26.0. The number of benzene rings is 3. The van der Waals surface area contributed by atoms with Gasteiger partial charge in [-0.05, 0) is 216 Å². The molecule has 0 bridgehead atoms. The van der Waals surface area contributed by atoms with Crippen LogP contribution in [0, 0.1) is 27.8 Å². The van der Waals surface area contributed by atoms with Gasteiger partial charge in [0.25, 0.3) is 0 Å². The average molecular weight is 1950 g/mol. The van der Waals surface area contributed by atoms with Crippen molar-refractivity contribution in [3.05, 3.63) is 158 Å². The summed E-state index contributed by atoms with van der Waals surface area (Å²) in [5.74, 6) is 7.24. The van der Waals surface area contributed by atoms with Crippen LogP contribution in [0.25, 0.3) is 49.7 Å². The van der Waals surface area contributed by atoms with E-state index in [2.05, 4.69) is 182 Å². The number of nitrogens with zero attached hydrogens (tertiary/aromatic N) is 30. The summed E-state index contributed by atoms with van der Waals surface area (Å²) in [4.78, 5) is 77.0. The van der Waals surface area contributed by atoms with E-state index >= 15 is 0 Å². The second kappa shape index (κ2) is 45.7. The Labute approximate surface area is 811 Å². The van der Waals surface area contributed by atoms with Crippen LogP contribution in [-0.4, -0.2) is 177 Å². The van der Waals surface area contributed by atoms with Gasteiger partial charge in [0, 0.05) is 160 Å². The van der Waals surface area contributed by atoms with Crippen molar-refractivity contribution in [3.63, 3.8) is 0 Å². The molecule has 18 rings (SSSR count). The number of ether oxygens (including phenoxy) is 5. The number of amides is 2. The molecular formula is C83H105BrN38NaO7S3-. The zero-order valence-corrected chi connectivity index (χ0v) is 80.3. The molecule has 6 aliphatic heterocycles. The van der Waals surface area contributed by atoms with E-state index in [9.17, 15) is 9.59 Å². The molecule has 9 aromatic heterocycles. The molecule has 6 aliphatic rings. The molecule has 13 N–H and O–H groups in total. The number of nitrogens with one attached hydrogen (secondary N) is 3. The summed E-state index contributed by atoms with van der Waals surface area (Å²) in [5, 5.41) is 52.5. The number of carbonyl (C=O) groups is 2. The number of thiol groups is 1. The van der Waals surface area contributed by atoms with Gasteiger partial charge in [-0.1, -0.05) is 88.5 Å². The van der Waals surface area contributed by atoms with Crippen molar-refractivity contribution < 1.29 is 62.8 Å². The maximum Gasteiger partial charge on any atom is 1.00 e. The van der Waals surface area contributed by atoms with Gasteiger partial charge in [-0.15, -0.1) is 6.20 Å². The van der Waals surface area contributed by atoms with Gasteiger partial charge in [0.05, 0.1) is 93.6 Å². The van der Waals surface area contributed by atoms with Crippen molar-refractivity contribution in [1.29, 1.82) is 5.53 Å². The third kappa shape index (κ3) is 24.4. The van der Waals surface area contributed by atoms with Gasteiger partial charge in [0.15, 0.2) is 11.3 Å². The van der Waals surface area contributed by atoms with Gasteiger partial charge in [-0.25, -0.2) is 29.5 Å². The van der Waals surface area contributed by atoms with Gasteiger partial charge >= 0.3 is 41.7 Å². The van der Waals surface area contributed by atoms with Crippen molar-refractivity contribution in [1.82, 2.24) is 68.7 Å². The number of carbonyl (C=O) groups excluding carboxylic acids is 2. The second-order valence-electron chi connectivity index (χ2n) is 33.5. The number of anilines is 6. The van der Waals surface area contributed by atoms with Crippen LogP contribution in [0.2, 0.25) is 0 Å². The number of alkyl carbamates (subject to hydrolysis) is 2. The van der Waals surface area contributed by atoms with E-state index in [1.54, 1.807) is 54.5 Å². The first-order valence-electron chi connectivity index (χ1n) is 41.6. The molecule has 50 heteroatoms.